The summed E-state index contributed by atoms with van der Waals surface area (Å²) in [5.41, 5.74) is 1.16. The average Bonchev–Trinajstić information content (AvgIpc) is 3.27. The Hall–Kier alpha value is -1.36. The van der Waals surface area contributed by atoms with E-state index in [4.69, 9.17) is 0 Å². The SMILES string of the molecule is Cc1cccc(N2CCC(=O)NC(C)(C3CC3)C2=O)c1Br. The van der Waals surface area contributed by atoms with Crippen molar-refractivity contribution in [2.45, 2.75) is 38.6 Å². The van der Waals surface area contributed by atoms with Gasteiger partial charge in [-0.05, 0) is 60.2 Å². The summed E-state index contributed by atoms with van der Waals surface area (Å²) in [5.74, 6) is 0.226. The summed E-state index contributed by atoms with van der Waals surface area (Å²) in [6.45, 7) is 4.29. The molecule has 0 bridgehead atoms. The molecule has 2 aliphatic rings. The fourth-order valence-electron chi connectivity index (χ4n) is 3.01. The van der Waals surface area contributed by atoms with Crippen molar-refractivity contribution >= 4 is 33.4 Å². The maximum atomic E-state index is 13.0. The maximum absolute atomic E-state index is 13.0. The first kappa shape index (κ1) is 14.6. The lowest BCUT2D eigenvalue weighted by Gasteiger charge is -2.33. The largest absolute Gasteiger partial charge is 0.342 e. The number of anilines is 1. The van der Waals surface area contributed by atoms with Gasteiger partial charge in [-0.15, -0.1) is 0 Å². The Labute approximate surface area is 133 Å². The Bertz CT molecular complexity index is 612. The molecule has 2 amide bonds. The van der Waals surface area contributed by atoms with Gasteiger partial charge in [0.1, 0.15) is 5.54 Å². The monoisotopic (exact) mass is 350 g/mol. The fourth-order valence-corrected chi connectivity index (χ4v) is 3.49. The van der Waals surface area contributed by atoms with Crippen LogP contribution < -0.4 is 10.2 Å². The van der Waals surface area contributed by atoms with Gasteiger partial charge in [0.2, 0.25) is 5.91 Å². The van der Waals surface area contributed by atoms with Crippen molar-refractivity contribution in [3.05, 3.63) is 28.2 Å². The zero-order valence-corrected chi connectivity index (χ0v) is 13.9. The normalized spacial score (nSPS) is 26.5. The molecule has 5 heteroatoms. The summed E-state index contributed by atoms with van der Waals surface area (Å²) in [6, 6.07) is 5.87. The average molecular weight is 351 g/mol. The summed E-state index contributed by atoms with van der Waals surface area (Å²) in [6.07, 6.45) is 2.35. The number of carbonyl (C=O) groups excluding carboxylic acids is 2. The summed E-state index contributed by atoms with van der Waals surface area (Å²) >= 11 is 3.57. The second-order valence-corrected chi connectivity index (χ2v) is 6.93. The highest BCUT2D eigenvalue weighted by Crippen LogP contribution is 2.42. The van der Waals surface area contributed by atoms with E-state index in [0.717, 1.165) is 28.6 Å². The van der Waals surface area contributed by atoms with Crippen LogP contribution in [0.4, 0.5) is 5.69 Å². The Balaban J connectivity index is 2.03. The van der Waals surface area contributed by atoms with Crippen molar-refractivity contribution in [1.29, 1.82) is 0 Å². The van der Waals surface area contributed by atoms with E-state index in [1.807, 2.05) is 32.0 Å². The minimum atomic E-state index is -0.767. The molecule has 1 saturated carbocycles. The third kappa shape index (κ3) is 2.48. The maximum Gasteiger partial charge on any atom is 0.252 e. The van der Waals surface area contributed by atoms with Crippen LogP contribution in [-0.4, -0.2) is 23.9 Å². The van der Waals surface area contributed by atoms with Gasteiger partial charge >= 0.3 is 0 Å². The molecule has 1 aromatic carbocycles. The van der Waals surface area contributed by atoms with Crippen molar-refractivity contribution in [2.75, 3.05) is 11.4 Å². The van der Waals surface area contributed by atoms with Crippen molar-refractivity contribution in [1.82, 2.24) is 5.32 Å². The first-order chi connectivity index (χ1) is 9.93. The molecule has 0 radical (unpaired) electrons. The first-order valence-electron chi connectivity index (χ1n) is 7.31. The van der Waals surface area contributed by atoms with E-state index < -0.39 is 5.54 Å². The minimum Gasteiger partial charge on any atom is -0.342 e. The minimum absolute atomic E-state index is 0.00199. The summed E-state index contributed by atoms with van der Waals surface area (Å²) in [7, 11) is 0. The van der Waals surface area contributed by atoms with Crippen LogP contribution in [0, 0.1) is 12.8 Å². The molecule has 4 nitrogen and oxygen atoms in total. The molecule has 1 aromatic rings. The van der Waals surface area contributed by atoms with Gasteiger partial charge in [-0.25, -0.2) is 0 Å². The predicted octanol–water partition coefficient (Wildman–Crippen LogP) is 2.78. The first-order valence-corrected chi connectivity index (χ1v) is 8.11. The molecule has 21 heavy (non-hydrogen) atoms. The number of amides is 2. The van der Waals surface area contributed by atoms with Crippen LogP contribution in [0.2, 0.25) is 0 Å². The number of halogens is 1. The zero-order valence-electron chi connectivity index (χ0n) is 12.3. The van der Waals surface area contributed by atoms with Gasteiger partial charge in [0.15, 0.2) is 0 Å². The van der Waals surface area contributed by atoms with Gasteiger partial charge in [-0.2, -0.15) is 0 Å². The van der Waals surface area contributed by atoms with E-state index in [1.165, 1.54) is 0 Å². The van der Waals surface area contributed by atoms with Crippen LogP contribution in [0.1, 0.15) is 31.7 Å². The quantitative estimate of drug-likeness (QED) is 0.891. The van der Waals surface area contributed by atoms with Crippen molar-refractivity contribution < 1.29 is 9.59 Å². The molecule has 1 N–H and O–H groups in total. The summed E-state index contributed by atoms with van der Waals surface area (Å²) in [5, 5.41) is 2.96. The molecule has 1 atom stereocenters. The highest BCUT2D eigenvalue weighted by Gasteiger charge is 2.51. The third-order valence-electron chi connectivity index (χ3n) is 4.51. The van der Waals surface area contributed by atoms with Gasteiger partial charge in [0.05, 0.1) is 5.69 Å². The number of benzene rings is 1. The second kappa shape index (κ2) is 5.13. The van der Waals surface area contributed by atoms with Crippen LogP contribution in [0.3, 0.4) is 0 Å². The molecule has 0 aromatic heterocycles. The van der Waals surface area contributed by atoms with E-state index in [9.17, 15) is 9.59 Å². The topological polar surface area (TPSA) is 49.4 Å². The Morgan fingerprint density at radius 2 is 2.05 bits per heavy atom. The lowest BCUT2D eigenvalue weighted by Crippen LogP contribution is -2.57. The van der Waals surface area contributed by atoms with E-state index in [2.05, 4.69) is 21.2 Å². The molecule has 1 aliphatic heterocycles. The van der Waals surface area contributed by atoms with Crippen molar-refractivity contribution in [3.63, 3.8) is 0 Å². The Kier molecular flexibility index (Phi) is 3.56. The molecule has 1 saturated heterocycles. The van der Waals surface area contributed by atoms with E-state index in [0.29, 0.717) is 13.0 Å². The molecule has 3 rings (SSSR count). The summed E-state index contributed by atoms with van der Waals surface area (Å²) in [4.78, 5) is 26.8. The van der Waals surface area contributed by atoms with Crippen LogP contribution in [0.5, 0.6) is 0 Å². The molecular weight excluding hydrogens is 332 g/mol. The molecule has 1 aliphatic carbocycles. The number of nitrogens with zero attached hydrogens (tertiary/aromatic N) is 1. The molecule has 0 spiro atoms. The predicted molar refractivity (Wildman–Crippen MR) is 85.1 cm³/mol. The third-order valence-corrected chi connectivity index (χ3v) is 5.54. The van der Waals surface area contributed by atoms with Gasteiger partial charge in [0.25, 0.3) is 5.91 Å². The van der Waals surface area contributed by atoms with Crippen LogP contribution >= 0.6 is 15.9 Å². The van der Waals surface area contributed by atoms with Crippen LogP contribution in [-0.2, 0) is 9.59 Å². The molecule has 1 unspecified atom stereocenters. The zero-order chi connectivity index (χ0) is 15.2. The van der Waals surface area contributed by atoms with Gasteiger partial charge in [-0.3, -0.25) is 9.59 Å². The number of hydrogen-bond acceptors (Lipinski definition) is 2. The molecule has 1 heterocycles. The van der Waals surface area contributed by atoms with Gasteiger partial charge < -0.3 is 10.2 Å². The number of rotatable bonds is 2. The van der Waals surface area contributed by atoms with Gasteiger partial charge in [0, 0.05) is 17.4 Å². The van der Waals surface area contributed by atoms with Crippen molar-refractivity contribution in [3.8, 4) is 0 Å². The standard InChI is InChI=1S/C16H19BrN2O2/c1-10-4-3-5-12(14(10)17)19-9-8-13(20)18-16(2,15(19)21)11-6-7-11/h3-5,11H,6-9H2,1-2H3,(H,18,20). The molecule has 2 fully saturated rings. The molecule has 112 valence electrons. The van der Waals surface area contributed by atoms with Gasteiger partial charge in [-0.1, -0.05) is 12.1 Å². The van der Waals surface area contributed by atoms with Crippen molar-refractivity contribution in [2.24, 2.45) is 5.92 Å². The highest BCUT2D eigenvalue weighted by atomic mass is 79.9. The van der Waals surface area contributed by atoms with Crippen LogP contribution in [0.25, 0.3) is 0 Å². The number of carbonyl (C=O) groups is 2. The Morgan fingerprint density at radius 3 is 2.71 bits per heavy atom. The van der Waals surface area contributed by atoms with Crippen LogP contribution in [0.15, 0.2) is 22.7 Å². The number of aryl methyl sites for hydroxylation is 1. The molecular formula is C16H19BrN2O2. The fraction of sp³-hybridized carbons (Fsp3) is 0.500. The van der Waals surface area contributed by atoms with E-state index in [1.54, 1.807) is 4.90 Å². The lowest BCUT2D eigenvalue weighted by molar-refractivity contribution is -0.130. The highest BCUT2D eigenvalue weighted by molar-refractivity contribution is 9.10. The lowest BCUT2D eigenvalue weighted by atomic mass is 9.94. The Morgan fingerprint density at radius 1 is 1.33 bits per heavy atom. The van der Waals surface area contributed by atoms with E-state index in [-0.39, 0.29) is 17.7 Å². The van der Waals surface area contributed by atoms with E-state index >= 15 is 0 Å². The summed E-state index contributed by atoms with van der Waals surface area (Å²) < 4.78 is 0.922. The number of nitrogens with one attached hydrogen (secondary N) is 1. The number of hydrogen-bond donors (Lipinski definition) is 1. The smallest absolute Gasteiger partial charge is 0.252 e. The second-order valence-electron chi connectivity index (χ2n) is 6.14.